The van der Waals surface area contributed by atoms with E-state index >= 15 is 0 Å². The lowest BCUT2D eigenvalue weighted by Gasteiger charge is -2.31. The highest BCUT2D eigenvalue weighted by molar-refractivity contribution is 6.06. The summed E-state index contributed by atoms with van der Waals surface area (Å²) in [6.07, 6.45) is 1.90. The molecule has 3 rings (SSSR count). The molecule has 2 aromatic heterocycles. The average Bonchev–Trinajstić information content (AvgIpc) is 2.94. The number of halogens is 1. The molecular weight excluding hydrogens is 314 g/mol. The first kappa shape index (κ1) is 17.9. The Morgan fingerprint density at radius 2 is 1.91 bits per heavy atom. The first-order chi connectivity index (χ1) is 10.6. The maximum atomic E-state index is 13.1. The van der Waals surface area contributed by atoms with Crippen LogP contribution in [0.5, 0.6) is 0 Å². The van der Waals surface area contributed by atoms with Gasteiger partial charge in [0.25, 0.3) is 0 Å². The van der Waals surface area contributed by atoms with Gasteiger partial charge in [-0.05, 0) is 25.0 Å². The summed E-state index contributed by atoms with van der Waals surface area (Å²) in [6.45, 7) is 9.17. The lowest BCUT2D eigenvalue weighted by Crippen LogP contribution is -2.46. The number of ether oxygens (including phenoxy) is 1. The number of pyridine rings is 1. The van der Waals surface area contributed by atoms with Crippen molar-refractivity contribution in [2.75, 3.05) is 26.3 Å². The normalized spacial score (nSPS) is 17.2. The van der Waals surface area contributed by atoms with Gasteiger partial charge in [0.15, 0.2) is 5.78 Å². The summed E-state index contributed by atoms with van der Waals surface area (Å²) < 4.78 is 7.20. The summed E-state index contributed by atoms with van der Waals surface area (Å²) in [5.74, 6) is 0.377. The topological polar surface area (TPSA) is 46.8 Å². The predicted octanol–water partition coefficient (Wildman–Crippen LogP) is 2.78. The second-order valence-corrected chi connectivity index (χ2v) is 6.13. The SMILES string of the molecule is CC(C)c1nn2ccccc2c1C(=O)C(C)N1CCOCC1.Cl. The number of rotatable bonds is 4. The van der Waals surface area contributed by atoms with Crippen LogP contribution in [-0.2, 0) is 4.74 Å². The van der Waals surface area contributed by atoms with Gasteiger partial charge < -0.3 is 4.74 Å². The van der Waals surface area contributed by atoms with Gasteiger partial charge in [0, 0.05) is 19.3 Å². The minimum Gasteiger partial charge on any atom is -0.379 e. The number of hydrogen-bond donors (Lipinski definition) is 0. The lowest BCUT2D eigenvalue weighted by atomic mass is 9.97. The van der Waals surface area contributed by atoms with Crippen molar-refractivity contribution in [3.05, 3.63) is 35.7 Å². The van der Waals surface area contributed by atoms with E-state index in [4.69, 9.17) is 4.74 Å². The zero-order valence-electron chi connectivity index (χ0n) is 13.9. The van der Waals surface area contributed by atoms with Crippen LogP contribution in [-0.4, -0.2) is 52.6 Å². The number of ketones is 1. The van der Waals surface area contributed by atoms with E-state index in [0.29, 0.717) is 13.2 Å². The van der Waals surface area contributed by atoms with Crippen molar-refractivity contribution in [3.63, 3.8) is 0 Å². The summed E-state index contributed by atoms with van der Waals surface area (Å²) in [4.78, 5) is 15.3. The second kappa shape index (κ2) is 7.43. The Balaban J connectivity index is 0.00000192. The molecule has 6 heteroatoms. The zero-order valence-corrected chi connectivity index (χ0v) is 14.7. The summed E-state index contributed by atoms with van der Waals surface area (Å²) in [7, 11) is 0. The van der Waals surface area contributed by atoms with Crippen molar-refractivity contribution in [3.8, 4) is 0 Å². The summed E-state index contributed by atoms with van der Waals surface area (Å²) in [6, 6.07) is 5.72. The molecule has 1 aliphatic rings. The molecule has 0 N–H and O–H groups in total. The molecule has 5 nitrogen and oxygen atoms in total. The number of nitrogens with zero attached hydrogens (tertiary/aromatic N) is 3. The van der Waals surface area contributed by atoms with E-state index in [1.807, 2.05) is 35.8 Å². The number of hydrogen-bond acceptors (Lipinski definition) is 4. The molecule has 3 heterocycles. The molecule has 1 aliphatic heterocycles. The third-order valence-electron chi connectivity index (χ3n) is 4.33. The fraction of sp³-hybridized carbons (Fsp3) is 0.529. The van der Waals surface area contributed by atoms with Crippen molar-refractivity contribution >= 4 is 23.7 Å². The maximum Gasteiger partial charge on any atom is 0.183 e. The minimum atomic E-state index is -0.144. The fourth-order valence-electron chi connectivity index (χ4n) is 3.01. The standard InChI is InChI=1S/C17H23N3O2.ClH/c1-12(2)16-15(14-6-4-5-7-20(14)18-16)17(21)13(3)19-8-10-22-11-9-19;/h4-7,12-13H,8-11H2,1-3H3;1H. The van der Waals surface area contributed by atoms with E-state index in [-0.39, 0.29) is 30.2 Å². The van der Waals surface area contributed by atoms with Gasteiger partial charge in [0.1, 0.15) is 0 Å². The van der Waals surface area contributed by atoms with Crippen LogP contribution in [0.2, 0.25) is 0 Å². The molecule has 1 atom stereocenters. The number of morpholine rings is 1. The molecule has 1 unspecified atom stereocenters. The van der Waals surface area contributed by atoms with E-state index in [1.165, 1.54) is 0 Å². The highest BCUT2D eigenvalue weighted by atomic mass is 35.5. The number of fused-ring (bicyclic) bond motifs is 1. The Morgan fingerprint density at radius 3 is 2.57 bits per heavy atom. The number of aromatic nitrogens is 2. The van der Waals surface area contributed by atoms with Crippen LogP contribution in [0.15, 0.2) is 24.4 Å². The maximum absolute atomic E-state index is 13.1. The van der Waals surface area contributed by atoms with Gasteiger partial charge in [0.2, 0.25) is 0 Å². The summed E-state index contributed by atoms with van der Waals surface area (Å²) in [5.41, 5.74) is 2.56. The fourth-order valence-corrected chi connectivity index (χ4v) is 3.01. The first-order valence-electron chi connectivity index (χ1n) is 7.93. The van der Waals surface area contributed by atoms with Crippen LogP contribution >= 0.6 is 12.4 Å². The molecule has 1 saturated heterocycles. The molecule has 0 bridgehead atoms. The molecule has 126 valence electrons. The molecule has 0 saturated carbocycles. The number of carbonyl (C=O) groups is 1. The molecule has 0 aliphatic carbocycles. The molecular formula is C17H24ClN3O2. The van der Waals surface area contributed by atoms with Crippen molar-refractivity contribution in [1.82, 2.24) is 14.5 Å². The van der Waals surface area contributed by atoms with Gasteiger partial charge >= 0.3 is 0 Å². The van der Waals surface area contributed by atoms with Crippen LogP contribution in [0.1, 0.15) is 42.7 Å². The molecule has 0 amide bonds. The highest BCUT2D eigenvalue weighted by Crippen LogP contribution is 2.25. The Kier molecular flexibility index (Phi) is 5.79. The van der Waals surface area contributed by atoms with E-state index in [1.54, 1.807) is 0 Å². The van der Waals surface area contributed by atoms with Crippen LogP contribution < -0.4 is 0 Å². The summed E-state index contributed by atoms with van der Waals surface area (Å²) in [5, 5.41) is 4.61. The number of Topliss-reactive ketones (excluding diaryl/α,β-unsaturated/α-hetero) is 1. The van der Waals surface area contributed by atoms with Gasteiger partial charge in [0.05, 0.1) is 36.0 Å². The third-order valence-corrected chi connectivity index (χ3v) is 4.33. The van der Waals surface area contributed by atoms with Crippen LogP contribution in [0, 0.1) is 0 Å². The minimum absolute atomic E-state index is 0. The second-order valence-electron chi connectivity index (χ2n) is 6.13. The monoisotopic (exact) mass is 337 g/mol. The number of carbonyl (C=O) groups excluding carboxylic acids is 1. The average molecular weight is 338 g/mol. The van der Waals surface area contributed by atoms with Crippen molar-refractivity contribution in [2.45, 2.75) is 32.7 Å². The Labute approximate surface area is 143 Å². The molecule has 0 radical (unpaired) electrons. The van der Waals surface area contributed by atoms with Gasteiger partial charge in [-0.3, -0.25) is 9.69 Å². The van der Waals surface area contributed by atoms with Crippen LogP contribution in [0.3, 0.4) is 0 Å². The van der Waals surface area contributed by atoms with E-state index in [9.17, 15) is 4.79 Å². The van der Waals surface area contributed by atoms with E-state index in [2.05, 4.69) is 23.8 Å². The lowest BCUT2D eigenvalue weighted by molar-refractivity contribution is 0.0209. The largest absolute Gasteiger partial charge is 0.379 e. The summed E-state index contributed by atoms with van der Waals surface area (Å²) >= 11 is 0. The smallest absolute Gasteiger partial charge is 0.183 e. The van der Waals surface area contributed by atoms with Crippen molar-refractivity contribution in [1.29, 1.82) is 0 Å². The molecule has 0 spiro atoms. The van der Waals surface area contributed by atoms with Gasteiger partial charge in [-0.25, -0.2) is 4.52 Å². The first-order valence-corrected chi connectivity index (χ1v) is 7.93. The Hall–Kier alpha value is -1.43. The van der Waals surface area contributed by atoms with Crippen molar-refractivity contribution in [2.24, 2.45) is 0 Å². The Bertz CT molecular complexity index is 678. The third kappa shape index (κ3) is 3.42. The quantitative estimate of drug-likeness (QED) is 0.805. The zero-order chi connectivity index (χ0) is 15.7. The highest BCUT2D eigenvalue weighted by Gasteiger charge is 2.29. The van der Waals surface area contributed by atoms with Gasteiger partial charge in [-0.1, -0.05) is 19.9 Å². The van der Waals surface area contributed by atoms with E-state index in [0.717, 1.165) is 29.9 Å². The van der Waals surface area contributed by atoms with Crippen LogP contribution in [0.4, 0.5) is 0 Å². The van der Waals surface area contributed by atoms with Crippen molar-refractivity contribution < 1.29 is 9.53 Å². The molecule has 23 heavy (non-hydrogen) atoms. The molecule has 0 aromatic carbocycles. The Morgan fingerprint density at radius 1 is 1.22 bits per heavy atom. The van der Waals surface area contributed by atoms with Crippen LogP contribution in [0.25, 0.3) is 5.52 Å². The van der Waals surface area contributed by atoms with Gasteiger partial charge in [-0.15, -0.1) is 12.4 Å². The van der Waals surface area contributed by atoms with Gasteiger partial charge in [-0.2, -0.15) is 5.10 Å². The molecule has 2 aromatic rings. The predicted molar refractivity (Wildman–Crippen MR) is 92.7 cm³/mol. The van der Waals surface area contributed by atoms with E-state index < -0.39 is 0 Å². The molecule has 1 fully saturated rings.